The largest absolute Gasteiger partial charge is 0.493 e. The number of carbonyl (C=O) groups is 3. The maximum Gasteiger partial charge on any atom is 0.411 e. The minimum Gasteiger partial charge on any atom is -0.493 e. The van der Waals surface area contributed by atoms with E-state index in [1.165, 1.54) is 54.7 Å². The van der Waals surface area contributed by atoms with Gasteiger partial charge in [-0.2, -0.15) is 0 Å². The molecule has 0 aliphatic carbocycles. The van der Waals surface area contributed by atoms with Crippen LogP contribution in [-0.4, -0.2) is 65.6 Å². The van der Waals surface area contributed by atoms with Gasteiger partial charge in [0.2, 0.25) is 12.9 Å². The van der Waals surface area contributed by atoms with E-state index in [1.807, 2.05) is 12.1 Å². The van der Waals surface area contributed by atoms with Crippen molar-refractivity contribution < 1.29 is 37.0 Å². The Labute approximate surface area is 286 Å². The van der Waals surface area contributed by atoms with Crippen molar-refractivity contribution in [1.82, 2.24) is 10.2 Å². The van der Waals surface area contributed by atoms with Crippen LogP contribution in [0, 0.1) is 0 Å². The summed E-state index contributed by atoms with van der Waals surface area (Å²) in [5.74, 6) is 0.632. The van der Waals surface area contributed by atoms with Gasteiger partial charge < -0.3 is 29.7 Å². The summed E-state index contributed by atoms with van der Waals surface area (Å²) in [5, 5.41) is 8.90. The molecule has 14 heteroatoms. The van der Waals surface area contributed by atoms with E-state index in [0.717, 1.165) is 12.0 Å². The van der Waals surface area contributed by atoms with Crippen molar-refractivity contribution in [2.45, 2.75) is 49.1 Å². The number of benzene rings is 3. The Morgan fingerprint density at radius 3 is 2.43 bits per heavy atom. The molecule has 0 spiro atoms. The molecule has 1 fully saturated rings. The fourth-order valence-corrected chi connectivity index (χ4v) is 8.18. The van der Waals surface area contributed by atoms with Crippen molar-refractivity contribution in [3.8, 4) is 11.5 Å². The molecule has 0 bridgehead atoms. The number of carbonyl (C=O) groups excluding carboxylic acids is 3. The standard InChI is InChI=1S/C33H37IN4O8S/c1-5-19-18-35-31(39)24-16-21(9-11-23(19)24)36-30(20-8-12-27(44-2)28(15-20)45-3)32(40)38-14-6-7-26(38)25-17-22(37-33(41)46-4)10-13-29(25)47(34,42)43/h8-13,15-17,19,26,30,36H,5-7,14,18H2,1-4H3,(H,35,39)(H,37,41)/t19-,26+,30?/m0/s1. The van der Waals surface area contributed by atoms with Gasteiger partial charge in [-0.1, -0.05) is 19.1 Å². The zero-order valence-electron chi connectivity index (χ0n) is 26.5. The maximum absolute atomic E-state index is 14.7. The number of hydrogen-bond acceptors (Lipinski definition) is 9. The van der Waals surface area contributed by atoms with E-state index in [9.17, 15) is 22.8 Å². The molecule has 0 aromatic heterocycles. The highest BCUT2D eigenvalue weighted by molar-refractivity contribution is 14.2. The van der Waals surface area contributed by atoms with Crippen LogP contribution < -0.4 is 25.4 Å². The van der Waals surface area contributed by atoms with Crippen molar-refractivity contribution in [3.63, 3.8) is 0 Å². The number of rotatable bonds is 10. The number of nitrogens with zero attached hydrogens (tertiary/aromatic N) is 1. The van der Waals surface area contributed by atoms with Crippen LogP contribution in [0.1, 0.15) is 71.2 Å². The number of amides is 3. The second kappa shape index (κ2) is 14.4. The smallest absolute Gasteiger partial charge is 0.411 e. The number of hydrogen-bond donors (Lipinski definition) is 3. The van der Waals surface area contributed by atoms with E-state index in [-0.39, 0.29) is 22.6 Å². The van der Waals surface area contributed by atoms with Gasteiger partial charge in [0.15, 0.2) is 11.5 Å². The second-order valence-corrected chi connectivity index (χ2v) is 16.1. The fourth-order valence-electron chi connectivity index (χ4n) is 6.27. The Morgan fingerprint density at radius 2 is 1.74 bits per heavy atom. The summed E-state index contributed by atoms with van der Waals surface area (Å²) in [6.45, 7) is 3.02. The molecule has 3 N–H and O–H groups in total. The molecule has 47 heavy (non-hydrogen) atoms. The van der Waals surface area contributed by atoms with Crippen molar-refractivity contribution in [3.05, 3.63) is 76.9 Å². The van der Waals surface area contributed by atoms with Crippen LogP contribution >= 0.6 is 21.2 Å². The highest BCUT2D eigenvalue weighted by atomic mass is 127. The summed E-state index contributed by atoms with van der Waals surface area (Å²) >= 11 is 1.38. The molecule has 0 saturated carbocycles. The van der Waals surface area contributed by atoms with E-state index in [1.54, 1.807) is 35.2 Å². The molecule has 5 rings (SSSR count). The van der Waals surface area contributed by atoms with Crippen LogP contribution in [0.3, 0.4) is 0 Å². The minimum atomic E-state index is -3.73. The third kappa shape index (κ3) is 7.27. The number of fused-ring (bicyclic) bond motifs is 1. The van der Waals surface area contributed by atoms with E-state index in [2.05, 4.69) is 22.9 Å². The Bertz CT molecular complexity index is 1800. The average molecular weight is 777 g/mol. The van der Waals surface area contributed by atoms with E-state index in [4.69, 9.17) is 14.2 Å². The van der Waals surface area contributed by atoms with Gasteiger partial charge in [0.25, 0.3) is 5.91 Å². The van der Waals surface area contributed by atoms with Gasteiger partial charge in [0.1, 0.15) is 6.04 Å². The SMILES string of the molecule is CC[C@H]1CNC(=O)c2cc(NC(C(=O)N3CCC[C@@H]3c3cc(NC(=O)OC)ccc3S(=O)(=O)I)c3ccc(OC)c(OC)c3)ccc21. The fraction of sp³-hybridized carbons (Fsp3) is 0.364. The second-order valence-electron chi connectivity index (χ2n) is 11.3. The van der Waals surface area contributed by atoms with Gasteiger partial charge in [0.05, 0.1) is 53.5 Å². The lowest BCUT2D eigenvalue weighted by molar-refractivity contribution is -0.133. The van der Waals surface area contributed by atoms with Crippen LogP contribution in [-0.2, 0) is 16.5 Å². The van der Waals surface area contributed by atoms with Gasteiger partial charge in [-0.05, 0) is 78.4 Å². The van der Waals surface area contributed by atoms with Gasteiger partial charge >= 0.3 is 6.09 Å². The molecule has 2 aliphatic rings. The molecule has 250 valence electrons. The monoisotopic (exact) mass is 776 g/mol. The zero-order chi connectivity index (χ0) is 33.9. The van der Waals surface area contributed by atoms with Gasteiger partial charge in [-0.3, -0.25) is 14.9 Å². The van der Waals surface area contributed by atoms with Crippen LogP contribution in [0.15, 0.2) is 59.5 Å². The van der Waals surface area contributed by atoms with Crippen molar-refractivity contribution in [1.29, 1.82) is 0 Å². The number of anilines is 2. The Morgan fingerprint density at radius 1 is 1.00 bits per heavy atom. The first-order chi connectivity index (χ1) is 22.5. The van der Waals surface area contributed by atoms with Crippen LogP contribution in [0.4, 0.5) is 16.2 Å². The van der Waals surface area contributed by atoms with Crippen molar-refractivity contribution >= 4 is 57.5 Å². The van der Waals surface area contributed by atoms with Crippen LogP contribution in [0.25, 0.3) is 0 Å². The number of methoxy groups -OCH3 is 3. The lowest BCUT2D eigenvalue weighted by atomic mass is 9.88. The van der Waals surface area contributed by atoms with E-state index < -0.39 is 25.2 Å². The highest BCUT2D eigenvalue weighted by Gasteiger charge is 2.38. The molecule has 3 aromatic carbocycles. The third-order valence-electron chi connectivity index (χ3n) is 8.64. The summed E-state index contributed by atoms with van der Waals surface area (Å²) in [4.78, 5) is 41.2. The quantitative estimate of drug-likeness (QED) is 0.173. The van der Waals surface area contributed by atoms with Crippen molar-refractivity contribution in [2.24, 2.45) is 0 Å². The summed E-state index contributed by atoms with van der Waals surface area (Å²) < 4.78 is 41.5. The molecule has 2 aliphatic heterocycles. The third-order valence-corrected chi connectivity index (χ3v) is 11.0. The molecular formula is C33H37IN4O8S. The van der Waals surface area contributed by atoms with Gasteiger partial charge in [-0.15, -0.1) is 0 Å². The molecule has 1 unspecified atom stereocenters. The minimum absolute atomic E-state index is 0.0556. The van der Waals surface area contributed by atoms with Gasteiger partial charge in [0, 0.05) is 35.9 Å². The number of likely N-dealkylation sites (tertiary alicyclic amines) is 1. The molecule has 2 heterocycles. The first-order valence-corrected chi connectivity index (χ1v) is 19.2. The lowest BCUT2D eigenvalue weighted by Crippen LogP contribution is -2.38. The van der Waals surface area contributed by atoms with Crippen LogP contribution in [0.5, 0.6) is 11.5 Å². The first-order valence-electron chi connectivity index (χ1n) is 15.1. The number of ether oxygens (including phenoxy) is 3. The Kier molecular flexibility index (Phi) is 10.5. The summed E-state index contributed by atoms with van der Waals surface area (Å²) in [5.41, 5.74) is 3.39. The molecule has 3 aromatic rings. The van der Waals surface area contributed by atoms with Crippen molar-refractivity contribution in [2.75, 3.05) is 45.1 Å². The van der Waals surface area contributed by atoms with Crippen LogP contribution in [0.2, 0.25) is 0 Å². The highest BCUT2D eigenvalue weighted by Crippen LogP contribution is 2.41. The summed E-state index contributed by atoms with van der Waals surface area (Å²) in [6, 6.07) is 13.7. The summed E-state index contributed by atoms with van der Waals surface area (Å²) in [7, 11) is 0.541. The molecule has 1 saturated heterocycles. The molecule has 12 nitrogen and oxygen atoms in total. The lowest BCUT2D eigenvalue weighted by Gasteiger charge is -2.32. The normalized spacial score (nSPS) is 18.1. The zero-order valence-corrected chi connectivity index (χ0v) is 29.4. The Hall–Kier alpha value is -4.05. The average Bonchev–Trinajstić information content (AvgIpc) is 3.56. The van der Waals surface area contributed by atoms with Gasteiger partial charge in [-0.25, -0.2) is 13.2 Å². The Balaban J connectivity index is 1.57. The predicted molar refractivity (Wildman–Crippen MR) is 185 cm³/mol. The van der Waals surface area contributed by atoms with E-state index in [0.29, 0.717) is 65.5 Å². The first kappa shape index (κ1) is 34.3. The molecule has 3 amide bonds. The number of halogens is 1. The topological polar surface area (TPSA) is 152 Å². The molecule has 3 atom stereocenters. The van der Waals surface area contributed by atoms with E-state index >= 15 is 0 Å². The number of nitrogens with one attached hydrogen (secondary N) is 3. The molecular weight excluding hydrogens is 739 g/mol. The summed E-state index contributed by atoms with van der Waals surface area (Å²) in [6.07, 6.45) is 1.29. The molecule has 0 radical (unpaired) electrons. The predicted octanol–water partition coefficient (Wildman–Crippen LogP) is 5.76. The maximum atomic E-state index is 14.7.